The Morgan fingerprint density at radius 1 is 0.737 bits per heavy atom. The number of carbonyl (C=O) groups excluding carboxylic acids is 2. The highest BCUT2D eigenvalue weighted by Gasteiger charge is 2.40. The number of aryl methyl sites for hydroxylation is 2. The summed E-state index contributed by atoms with van der Waals surface area (Å²) in [5.74, 6) is 0.0365. The summed E-state index contributed by atoms with van der Waals surface area (Å²) in [6, 6.07) is 14.5. The van der Waals surface area contributed by atoms with Gasteiger partial charge in [-0.1, -0.05) is 35.4 Å². The van der Waals surface area contributed by atoms with Gasteiger partial charge in [-0.3, -0.25) is 14.5 Å². The molecular weight excluding hydrogens is 733 g/mol. The Morgan fingerprint density at radius 2 is 1.18 bits per heavy atom. The zero-order valence-electron chi connectivity index (χ0n) is 32.8. The van der Waals surface area contributed by atoms with Gasteiger partial charge in [0.2, 0.25) is 11.9 Å². The number of aromatic nitrogens is 4. The fourth-order valence-electron chi connectivity index (χ4n) is 6.34. The van der Waals surface area contributed by atoms with Crippen molar-refractivity contribution in [2.24, 2.45) is 17.2 Å². The molecule has 2 aromatic heterocycles. The van der Waals surface area contributed by atoms with Gasteiger partial charge in [-0.05, 0) is 71.7 Å². The molecule has 3 amide bonds. The minimum Gasteiger partial charge on any atom is -0.465 e. The van der Waals surface area contributed by atoms with Crippen molar-refractivity contribution in [1.29, 1.82) is 0 Å². The van der Waals surface area contributed by atoms with Crippen LogP contribution in [0.1, 0.15) is 65.5 Å². The molecule has 18 heteroatoms. The molecule has 4 atom stereocenters. The first-order valence-electron chi connectivity index (χ1n) is 18.6. The summed E-state index contributed by atoms with van der Waals surface area (Å²) >= 11 is 0. The van der Waals surface area contributed by atoms with Crippen molar-refractivity contribution >= 4 is 52.8 Å². The van der Waals surface area contributed by atoms with E-state index in [1.807, 2.05) is 83.1 Å². The second kappa shape index (κ2) is 18.7. The van der Waals surface area contributed by atoms with E-state index in [4.69, 9.17) is 26.7 Å². The van der Waals surface area contributed by atoms with Crippen molar-refractivity contribution in [2.75, 3.05) is 47.7 Å². The summed E-state index contributed by atoms with van der Waals surface area (Å²) < 4.78 is 10.9. The van der Waals surface area contributed by atoms with E-state index < -0.39 is 29.5 Å². The molecule has 18 nitrogen and oxygen atoms in total. The first kappa shape index (κ1) is 42.0. The Bertz CT molecular complexity index is 2010. The maximum atomic E-state index is 12.0. The molecule has 0 unspecified atom stereocenters. The lowest BCUT2D eigenvalue weighted by Gasteiger charge is -2.44. The molecule has 4 heterocycles. The van der Waals surface area contributed by atoms with Crippen molar-refractivity contribution in [3.8, 4) is 0 Å². The molecule has 2 aliphatic rings. The number of anilines is 6. The monoisotopic (exact) mass is 784 g/mol. The van der Waals surface area contributed by atoms with Crippen LogP contribution in [-0.2, 0) is 9.47 Å². The van der Waals surface area contributed by atoms with E-state index in [1.54, 1.807) is 0 Å². The maximum Gasteiger partial charge on any atom is 0.408 e. The molecule has 57 heavy (non-hydrogen) atoms. The van der Waals surface area contributed by atoms with Gasteiger partial charge in [0, 0.05) is 54.6 Å². The van der Waals surface area contributed by atoms with Crippen molar-refractivity contribution in [2.45, 2.75) is 77.2 Å². The fraction of sp³-hybridized carbons (Fsp3) is 0.410. The number of nitrogens with one attached hydrogen (secondary N) is 4. The van der Waals surface area contributed by atoms with E-state index >= 15 is 0 Å². The maximum absolute atomic E-state index is 12.0. The predicted molar refractivity (Wildman–Crippen MR) is 217 cm³/mol. The standard InChI is InChI=1S/C22H30N6O4.C17H22N6O2/c1-13-5-7-14(8-6-13)25-19-15(18(23)29)11-24-20(27-19)26-16-9-10-32-12-17(16)28(21(30)31)22(2,3)4;1-10-2-4-11(5-3-10)21-16-12(15(19)24)8-20-17(23-16)22-14-6-7-25-9-13(14)18/h5-8,11,16-17H,9-10,12H2,1-4H3,(H2,23,29)(H,30,31)(H2,24,25,26,27);2-5,8,13-14H,6-7,9,18H2,1H3,(H2,19,24)(H2,20,21,22,23)/t16-,17+;13-,14+/m10/s1. The van der Waals surface area contributed by atoms with E-state index in [9.17, 15) is 19.5 Å². The van der Waals surface area contributed by atoms with Gasteiger partial charge >= 0.3 is 6.09 Å². The van der Waals surface area contributed by atoms with Gasteiger partial charge in [-0.15, -0.1) is 0 Å². The average Bonchev–Trinajstić information content (AvgIpc) is 3.15. The van der Waals surface area contributed by atoms with Crippen LogP contribution in [0, 0.1) is 13.8 Å². The Hall–Kier alpha value is -6.11. The third-order valence-electron chi connectivity index (χ3n) is 9.35. The first-order valence-corrected chi connectivity index (χ1v) is 18.6. The van der Waals surface area contributed by atoms with Crippen molar-refractivity contribution in [3.05, 3.63) is 83.2 Å². The molecule has 4 aromatic rings. The zero-order chi connectivity index (χ0) is 41.3. The van der Waals surface area contributed by atoms with E-state index in [0.29, 0.717) is 38.0 Å². The topological polar surface area (TPSA) is 271 Å². The second-order valence-electron chi connectivity index (χ2n) is 14.9. The second-order valence-corrected chi connectivity index (χ2v) is 14.9. The quantitative estimate of drug-likeness (QED) is 0.106. The number of amides is 3. The summed E-state index contributed by atoms with van der Waals surface area (Å²) in [7, 11) is 0. The average molecular weight is 785 g/mol. The summed E-state index contributed by atoms with van der Waals surface area (Å²) in [6.07, 6.45) is 3.10. The van der Waals surface area contributed by atoms with Gasteiger partial charge in [0.25, 0.3) is 11.8 Å². The zero-order valence-corrected chi connectivity index (χ0v) is 32.8. The van der Waals surface area contributed by atoms with Crippen LogP contribution in [0.4, 0.5) is 39.7 Å². The lowest BCUT2D eigenvalue weighted by Crippen LogP contribution is -2.60. The molecular formula is C39H52N12O6. The van der Waals surface area contributed by atoms with Crippen molar-refractivity contribution < 1.29 is 29.0 Å². The van der Waals surface area contributed by atoms with Crippen molar-refractivity contribution in [1.82, 2.24) is 24.8 Å². The number of ether oxygens (including phenoxy) is 2. The molecule has 6 rings (SSSR count). The Kier molecular flexibility index (Phi) is 13.8. The van der Waals surface area contributed by atoms with Crippen LogP contribution in [-0.4, -0.2) is 104 Å². The number of nitrogens with zero attached hydrogens (tertiary/aromatic N) is 5. The molecule has 2 fully saturated rings. The Morgan fingerprint density at radius 3 is 1.60 bits per heavy atom. The fourth-order valence-corrected chi connectivity index (χ4v) is 6.34. The Balaban J connectivity index is 0.000000224. The van der Waals surface area contributed by atoms with Crippen LogP contribution >= 0.6 is 0 Å². The van der Waals surface area contributed by atoms with Gasteiger partial charge in [0.05, 0.1) is 25.3 Å². The van der Waals surface area contributed by atoms with Crippen LogP contribution in [0.15, 0.2) is 60.9 Å². The lowest BCUT2D eigenvalue weighted by atomic mass is 9.96. The number of rotatable bonds is 11. The molecule has 0 spiro atoms. The minimum absolute atomic E-state index is 0.0143. The molecule has 304 valence electrons. The van der Waals surface area contributed by atoms with Crippen LogP contribution < -0.4 is 38.5 Å². The number of carboxylic acid groups (broad SMARTS) is 1. The number of hydrogen-bond acceptors (Lipinski definition) is 14. The molecule has 0 aliphatic carbocycles. The molecule has 0 bridgehead atoms. The number of primary amides is 2. The minimum atomic E-state index is -1.02. The number of carbonyl (C=O) groups is 3. The summed E-state index contributed by atoms with van der Waals surface area (Å²) in [4.78, 5) is 54.2. The lowest BCUT2D eigenvalue weighted by molar-refractivity contribution is -0.0156. The highest BCUT2D eigenvalue weighted by atomic mass is 16.5. The van der Waals surface area contributed by atoms with Crippen molar-refractivity contribution in [3.63, 3.8) is 0 Å². The third kappa shape index (κ3) is 11.5. The van der Waals surface area contributed by atoms with Gasteiger partial charge < -0.3 is 53.0 Å². The number of benzene rings is 2. The first-order chi connectivity index (χ1) is 27.1. The largest absolute Gasteiger partial charge is 0.465 e. The molecule has 2 saturated heterocycles. The van der Waals surface area contributed by atoms with Gasteiger partial charge in [0.1, 0.15) is 22.8 Å². The SMILES string of the molecule is Cc1ccc(Nc2nc(N[C@@H]3CCOC[C@@H]3N(C(=O)O)C(C)(C)C)ncc2C(N)=O)cc1.Cc1ccc(Nc2nc(N[C@@H]3CCOC[C@@H]3N)ncc2C(N)=O)cc1. The summed E-state index contributed by atoms with van der Waals surface area (Å²) in [5, 5.41) is 22.5. The normalized spacial score (nSPS) is 19.3. The molecule has 2 aromatic carbocycles. The van der Waals surface area contributed by atoms with Crippen LogP contribution in [0.2, 0.25) is 0 Å². The van der Waals surface area contributed by atoms with E-state index in [1.165, 1.54) is 17.3 Å². The smallest absolute Gasteiger partial charge is 0.408 e. The van der Waals surface area contributed by atoms with Gasteiger partial charge in [0.15, 0.2) is 0 Å². The predicted octanol–water partition coefficient (Wildman–Crippen LogP) is 4.13. The molecule has 0 saturated carbocycles. The summed E-state index contributed by atoms with van der Waals surface area (Å²) in [5.41, 5.74) is 20.5. The highest BCUT2D eigenvalue weighted by molar-refractivity contribution is 5.98. The highest BCUT2D eigenvalue weighted by Crippen LogP contribution is 2.27. The molecule has 2 aliphatic heterocycles. The third-order valence-corrected chi connectivity index (χ3v) is 9.35. The molecule has 0 radical (unpaired) electrons. The Labute approximate surface area is 331 Å². The van der Waals surface area contributed by atoms with Crippen LogP contribution in [0.25, 0.3) is 0 Å². The summed E-state index contributed by atoms with van der Waals surface area (Å²) in [6.45, 7) is 11.4. The number of hydrogen-bond donors (Lipinski definition) is 8. The van der Waals surface area contributed by atoms with Gasteiger partial charge in [-0.2, -0.15) is 9.97 Å². The molecule has 11 N–H and O–H groups in total. The van der Waals surface area contributed by atoms with Crippen LogP contribution in [0.5, 0.6) is 0 Å². The van der Waals surface area contributed by atoms with E-state index in [-0.39, 0.29) is 47.6 Å². The van der Waals surface area contributed by atoms with E-state index in [0.717, 1.165) is 28.9 Å². The number of nitrogens with two attached hydrogens (primary N) is 3. The van der Waals surface area contributed by atoms with E-state index in [2.05, 4.69) is 41.2 Å². The van der Waals surface area contributed by atoms with Crippen LogP contribution in [0.3, 0.4) is 0 Å². The van der Waals surface area contributed by atoms with Gasteiger partial charge in [-0.25, -0.2) is 14.8 Å².